The molecule has 0 aromatic carbocycles. The van der Waals surface area contributed by atoms with Crippen molar-refractivity contribution < 1.29 is 37.5 Å². The predicted molar refractivity (Wildman–Crippen MR) is 29.8 cm³/mol. The Balaban J connectivity index is 0. The van der Waals surface area contributed by atoms with Crippen LogP contribution in [-0.2, 0) is 37.5 Å². The third kappa shape index (κ3) is 4.92. The average Bonchev–Trinajstić information content (AvgIpc) is 1.68. The van der Waals surface area contributed by atoms with Crippen LogP contribution in [0.2, 0.25) is 0 Å². The Labute approximate surface area is 76.1 Å². The van der Waals surface area contributed by atoms with Crippen LogP contribution in [0.3, 0.4) is 0 Å². The second-order valence-electron chi connectivity index (χ2n) is 2.34. The van der Waals surface area contributed by atoms with Gasteiger partial charge in [0.15, 0.2) is 0 Å². The van der Waals surface area contributed by atoms with Crippen molar-refractivity contribution in [1.29, 1.82) is 0 Å². The van der Waals surface area contributed by atoms with Crippen molar-refractivity contribution in [2.24, 2.45) is 5.41 Å². The third-order valence-electron chi connectivity index (χ3n) is 1.16. The molecule has 0 saturated carbocycles. The van der Waals surface area contributed by atoms with Gasteiger partial charge in [-0.05, 0) is 0 Å². The normalized spacial score (nSPS) is 9.88. The van der Waals surface area contributed by atoms with Crippen LogP contribution >= 0.6 is 0 Å². The second-order valence-corrected chi connectivity index (χ2v) is 2.34. The molecule has 0 N–H and O–H groups in total. The van der Waals surface area contributed by atoms with Crippen LogP contribution in [0, 0.1) is 5.41 Å². The summed E-state index contributed by atoms with van der Waals surface area (Å²) < 4.78 is 0. The molecule has 0 amide bonds. The zero-order valence-corrected chi connectivity index (χ0v) is 8.53. The smallest absolute Gasteiger partial charge is 0 e. The summed E-state index contributed by atoms with van der Waals surface area (Å²) in [6.45, 7) is 5.73. The van der Waals surface area contributed by atoms with E-state index < -0.39 is 0 Å². The minimum atomic E-state index is -0.222. The topological polar surface area (TPSA) is 17.1 Å². The van der Waals surface area contributed by atoms with Crippen LogP contribution in [0.4, 0.5) is 0 Å². The molecule has 0 atom stereocenters. The van der Waals surface area contributed by atoms with Crippen LogP contribution in [0.15, 0.2) is 0 Å². The Kier molecular flexibility index (Phi) is 6.69. The van der Waals surface area contributed by atoms with E-state index in [1.165, 1.54) is 0 Å². The maximum absolute atomic E-state index is 9.93. The molecule has 8 heavy (non-hydrogen) atoms. The summed E-state index contributed by atoms with van der Waals surface area (Å²) in [4.78, 5) is 9.93. The van der Waals surface area contributed by atoms with Gasteiger partial charge in [0.05, 0.1) is 0 Å². The van der Waals surface area contributed by atoms with E-state index in [0.29, 0.717) is 0 Å². The number of carbonyl (C=O) groups excluding carboxylic acids is 1. The maximum atomic E-state index is 9.93. The van der Waals surface area contributed by atoms with Crippen LogP contribution in [-0.4, -0.2) is 6.29 Å². The van der Waals surface area contributed by atoms with Gasteiger partial charge in [-0.3, -0.25) is 6.29 Å². The molecule has 0 aliphatic rings. The molecular formula is C6H11OY-. The van der Waals surface area contributed by atoms with E-state index in [1.54, 1.807) is 0 Å². The van der Waals surface area contributed by atoms with Gasteiger partial charge in [-0.25, -0.2) is 0 Å². The van der Waals surface area contributed by atoms with Gasteiger partial charge in [-0.1, -0.05) is 27.2 Å². The van der Waals surface area contributed by atoms with Crippen LogP contribution in [0.25, 0.3) is 0 Å². The van der Waals surface area contributed by atoms with Crippen LogP contribution < -0.4 is 0 Å². The Morgan fingerprint density at radius 1 is 1.50 bits per heavy atom. The Morgan fingerprint density at radius 2 is 1.88 bits per heavy atom. The van der Waals surface area contributed by atoms with Crippen LogP contribution in [0.5, 0.6) is 0 Å². The molecule has 2 heteroatoms. The monoisotopic (exact) mass is 188 g/mol. The Morgan fingerprint density at radius 3 is 1.88 bits per heavy atom. The van der Waals surface area contributed by atoms with Crippen molar-refractivity contribution in [2.45, 2.75) is 27.2 Å². The van der Waals surface area contributed by atoms with Gasteiger partial charge in [0.2, 0.25) is 0 Å². The molecular weight excluding hydrogens is 177 g/mol. The van der Waals surface area contributed by atoms with E-state index in [2.05, 4.69) is 0 Å². The molecule has 1 radical (unpaired) electrons. The molecule has 0 aromatic rings. The molecule has 0 heterocycles. The van der Waals surface area contributed by atoms with Crippen molar-refractivity contribution in [2.75, 3.05) is 0 Å². The Hall–Kier alpha value is 0.774. The predicted octanol–water partition coefficient (Wildman–Crippen LogP) is 1.53. The average molecular weight is 188 g/mol. The molecule has 45 valence electrons. The first kappa shape index (κ1) is 11.6. The maximum Gasteiger partial charge on any atom is 0 e. The summed E-state index contributed by atoms with van der Waals surface area (Å²) in [5.41, 5.74) is -0.222. The van der Waals surface area contributed by atoms with Gasteiger partial charge in [0.1, 0.15) is 0 Å². The van der Waals surface area contributed by atoms with E-state index in [1.807, 2.05) is 27.1 Å². The quantitative estimate of drug-likeness (QED) is 0.600. The van der Waals surface area contributed by atoms with Gasteiger partial charge in [-0.2, -0.15) is 0 Å². The summed E-state index contributed by atoms with van der Waals surface area (Å²) in [7, 11) is 0. The largest absolute Gasteiger partial charge is 0.541 e. The van der Waals surface area contributed by atoms with Crippen molar-refractivity contribution in [1.82, 2.24) is 0 Å². The first-order valence-electron chi connectivity index (χ1n) is 2.51. The molecule has 0 bridgehead atoms. The zero-order valence-electron chi connectivity index (χ0n) is 5.69. The van der Waals surface area contributed by atoms with Crippen LogP contribution in [0.1, 0.15) is 27.2 Å². The van der Waals surface area contributed by atoms with Gasteiger partial charge in [0.25, 0.3) is 0 Å². The third-order valence-corrected chi connectivity index (χ3v) is 1.16. The second kappa shape index (κ2) is 4.63. The summed E-state index contributed by atoms with van der Waals surface area (Å²) in [6, 6.07) is 0. The first-order valence-corrected chi connectivity index (χ1v) is 2.51. The number of rotatable bonds is 2. The fraction of sp³-hybridized carbons (Fsp3) is 0.833. The Bertz CT molecular complexity index is 68.9. The van der Waals surface area contributed by atoms with Crippen molar-refractivity contribution in [3.05, 3.63) is 0 Å². The molecule has 0 aliphatic heterocycles. The van der Waals surface area contributed by atoms with E-state index in [9.17, 15) is 4.79 Å². The van der Waals surface area contributed by atoms with Gasteiger partial charge >= 0.3 is 0 Å². The molecule has 0 rings (SSSR count). The minimum Gasteiger partial charge on any atom is -0.541 e. The minimum absolute atomic E-state index is 0. The number of hydrogen-bond acceptors (Lipinski definition) is 1. The molecule has 0 spiro atoms. The fourth-order valence-electron chi connectivity index (χ4n) is 0.0722. The molecule has 0 aliphatic carbocycles. The van der Waals surface area contributed by atoms with E-state index in [4.69, 9.17) is 0 Å². The van der Waals surface area contributed by atoms with Gasteiger partial charge in [0, 0.05) is 32.7 Å². The SMILES string of the molecule is CCC(C)(C)[C-]=O.[Y]. The van der Waals surface area contributed by atoms with Crippen molar-refractivity contribution in [3.8, 4) is 0 Å². The summed E-state index contributed by atoms with van der Waals surface area (Å²) >= 11 is 0. The van der Waals surface area contributed by atoms with Gasteiger partial charge < -0.3 is 4.79 Å². The molecule has 0 fully saturated rings. The van der Waals surface area contributed by atoms with Gasteiger partial charge in [-0.15, -0.1) is 5.41 Å². The molecule has 0 aromatic heterocycles. The number of hydrogen-bond donors (Lipinski definition) is 0. The van der Waals surface area contributed by atoms with E-state index >= 15 is 0 Å². The van der Waals surface area contributed by atoms with E-state index in [-0.39, 0.29) is 38.1 Å². The zero-order chi connectivity index (χ0) is 5.91. The summed E-state index contributed by atoms with van der Waals surface area (Å²) in [5, 5.41) is 0. The standard InChI is InChI=1S/C6H11O.Y/c1-4-6(2,3)5-7;/h4H2,1-3H3;/q-1;. The van der Waals surface area contributed by atoms with Crippen molar-refractivity contribution in [3.63, 3.8) is 0 Å². The summed E-state index contributed by atoms with van der Waals surface area (Å²) in [5.74, 6) is 0. The first-order chi connectivity index (χ1) is 3.12. The molecule has 0 unspecified atom stereocenters. The summed E-state index contributed by atoms with van der Waals surface area (Å²) in [6.07, 6.45) is 2.81. The fourth-order valence-corrected chi connectivity index (χ4v) is 0.0722. The van der Waals surface area contributed by atoms with E-state index in [0.717, 1.165) is 6.42 Å². The molecule has 0 saturated heterocycles. The molecule has 1 nitrogen and oxygen atoms in total. The van der Waals surface area contributed by atoms with Crippen molar-refractivity contribution >= 4 is 6.29 Å².